The smallest absolute Gasteiger partial charge is 0.255 e. The van der Waals surface area contributed by atoms with Gasteiger partial charge in [0.05, 0.1) is 12.7 Å². The summed E-state index contributed by atoms with van der Waals surface area (Å²) in [5.74, 6) is 0.210. The van der Waals surface area contributed by atoms with Crippen LogP contribution >= 0.6 is 0 Å². The molecule has 0 unspecified atom stereocenters. The van der Waals surface area contributed by atoms with Gasteiger partial charge in [-0.3, -0.25) is 4.79 Å². The summed E-state index contributed by atoms with van der Waals surface area (Å²) in [5.41, 5.74) is 2.81. The van der Waals surface area contributed by atoms with Crippen LogP contribution in [0.2, 0.25) is 0 Å². The third kappa shape index (κ3) is 3.31. The first kappa shape index (κ1) is 14.8. The van der Waals surface area contributed by atoms with Gasteiger partial charge in [-0.25, -0.2) is 4.98 Å². The highest BCUT2D eigenvalue weighted by molar-refractivity contribution is 5.97. The lowest BCUT2D eigenvalue weighted by atomic mass is 10.0. The van der Waals surface area contributed by atoms with Gasteiger partial charge in [0.25, 0.3) is 5.91 Å². The Labute approximate surface area is 123 Å². The number of hydrogen-bond acceptors (Lipinski definition) is 4. The maximum atomic E-state index is 12.1. The molecular weight excluding hydrogens is 268 g/mol. The van der Waals surface area contributed by atoms with Gasteiger partial charge in [0, 0.05) is 18.8 Å². The first-order chi connectivity index (χ1) is 10.0. The van der Waals surface area contributed by atoms with Gasteiger partial charge in [-0.1, -0.05) is 6.07 Å². The molecule has 2 rings (SSSR count). The van der Waals surface area contributed by atoms with Crippen molar-refractivity contribution in [3.63, 3.8) is 0 Å². The topological polar surface area (TPSA) is 71.5 Å². The summed E-state index contributed by atoms with van der Waals surface area (Å²) in [6.07, 6.45) is 1.62. The summed E-state index contributed by atoms with van der Waals surface area (Å²) in [5, 5.41) is 12.8. The van der Waals surface area contributed by atoms with E-state index in [1.54, 1.807) is 31.3 Å². The lowest BCUT2D eigenvalue weighted by Crippen LogP contribution is -2.23. The van der Waals surface area contributed by atoms with Gasteiger partial charge in [-0.15, -0.1) is 0 Å². The normalized spacial score (nSPS) is 10.2. The molecular formula is C16H18N2O3. The molecule has 110 valence electrons. The Morgan fingerprint density at radius 3 is 2.81 bits per heavy atom. The van der Waals surface area contributed by atoms with Gasteiger partial charge >= 0.3 is 0 Å². The fourth-order valence-corrected chi connectivity index (χ4v) is 1.93. The quantitative estimate of drug-likeness (QED) is 0.905. The second-order valence-corrected chi connectivity index (χ2v) is 4.79. The van der Waals surface area contributed by atoms with E-state index in [2.05, 4.69) is 10.3 Å². The van der Waals surface area contributed by atoms with Gasteiger partial charge in [0.15, 0.2) is 0 Å². The Morgan fingerprint density at radius 2 is 2.10 bits per heavy atom. The number of benzene rings is 1. The Kier molecular flexibility index (Phi) is 4.42. The number of aromatic nitrogens is 1. The number of pyridine rings is 1. The SMILES string of the molecule is COc1cc(CNC(=O)c2ccc(C)c(C)c2O)ccn1. The van der Waals surface area contributed by atoms with Crippen molar-refractivity contribution >= 4 is 5.91 Å². The molecule has 0 aliphatic carbocycles. The number of aromatic hydroxyl groups is 1. The number of nitrogens with zero attached hydrogens (tertiary/aromatic N) is 1. The van der Waals surface area contributed by atoms with Crippen molar-refractivity contribution in [1.29, 1.82) is 0 Å². The molecule has 0 radical (unpaired) electrons. The molecule has 0 fully saturated rings. The first-order valence-electron chi connectivity index (χ1n) is 6.59. The minimum atomic E-state index is -0.314. The molecule has 1 aromatic carbocycles. The van der Waals surface area contributed by atoms with Crippen molar-refractivity contribution in [2.24, 2.45) is 0 Å². The highest BCUT2D eigenvalue weighted by atomic mass is 16.5. The standard InChI is InChI=1S/C16H18N2O3/c1-10-4-5-13(15(19)11(10)2)16(20)18-9-12-6-7-17-14(8-12)21-3/h4-8,19H,9H2,1-3H3,(H,18,20). The fraction of sp³-hybridized carbons (Fsp3) is 0.250. The summed E-state index contributed by atoms with van der Waals surface area (Å²) in [6, 6.07) is 6.99. The van der Waals surface area contributed by atoms with Gasteiger partial charge in [-0.05, 0) is 42.7 Å². The molecule has 0 saturated heterocycles. The number of carbonyl (C=O) groups excluding carboxylic acids is 1. The van der Waals surface area contributed by atoms with Crippen molar-refractivity contribution in [2.45, 2.75) is 20.4 Å². The molecule has 2 N–H and O–H groups in total. The molecule has 0 saturated carbocycles. The molecule has 0 aliphatic heterocycles. The van der Waals surface area contributed by atoms with E-state index in [4.69, 9.17) is 4.74 Å². The molecule has 0 bridgehead atoms. The van der Waals surface area contributed by atoms with Crippen LogP contribution in [-0.2, 0) is 6.54 Å². The van der Waals surface area contributed by atoms with E-state index in [-0.39, 0.29) is 17.2 Å². The van der Waals surface area contributed by atoms with Crippen LogP contribution in [0.4, 0.5) is 0 Å². The maximum absolute atomic E-state index is 12.1. The molecule has 1 heterocycles. The molecule has 21 heavy (non-hydrogen) atoms. The number of amides is 1. The van der Waals surface area contributed by atoms with Crippen LogP contribution in [0.15, 0.2) is 30.5 Å². The van der Waals surface area contributed by atoms with E-state index >= 15 is 0 Å². The largest absolute Gasteiger partial charge is 0.507 e. The van der Waals surface area contributed by atoms with Gasteiger partial charge in [0.2, 0.25) is 5.88 Å². The number of nitrogens with one attached hydrogen (secondary N) is 1. The third-order valence-electron chi connectivity index (χ3n) is 3.41. The van der Waals surface area contributed by atoms with Crippen LogP contribution in [0.3, 0.4) is 0 Å². The lowest BCUT2D eigenvalue weighted by molar-refractivity contribution is 0.0948. The summed E-state index contributed by atoms with van der Waals surface area (Å²) >= 11 is 0. The number of methoxy groups -OCH3 is 1. The molecule has 2 aromatic rings. The second kappa shape index (κ2) is 6.26. The molecule has 1 aromatic heterocycles. The molecule has 5 nitrogen and oxygen atoms in total. The number of ether oxygens (including phenoxy) is 1. The summed E-state index contributed by atoms with van der Waals surface area (Å²) in [4.78, 5) is 16.1. The number of phenols is 1. The van der Waals surface area contributed by atoms with E-state index in [1.165, 1.54) is 7.11 Å². The van der Waals surface area contributed by atoms with Crippen molar-refractivity contribution < 1.29 is 14.6 Å². The Balaban J connectivity index is 2.10. The average molecular weight is 286 g/mol. The van der Waals surface area contributed by atoms with Gasteiger partial charge < -0.3 is 15.2 Å². The zero-order chi connectivity index (χ0) is 15.4. The predicted octanol–water partition coefficient (Wildman–Crippen LogP) is 2.34. The molecule has 0 spiro atoms. The summed E-state index contributed by atoms with van der Waals surface area (Å²) in [6.45, 7) is 4.01. The van der Waals surface area contributed by atoms with E-state index in [0.717, 1.165) is 11.1 Å². The van der Waals surface area contributed by atoms with Crippen LogP contribution in [0, 0.1) is 13.8 Å². The van der Waals surface area contributed by atoms with E-state index in [1.807, 2.05) is 13.0 Å². The third-order valence-corrected chi connectivity index (χ3v) is 3.41. The highest BCUT2D eigenvalue weighted by Crippen LogP contribution is 2.24. The van der Waals surface area contributed by atoms with Crippen LogP contribution in [-0.4, -0.2) is 23.1 Å². The predicted molar refractivity (Wildman–Crippen MR) is 79.5 cm³/mol. The van der Waals surface area contributed by atoms with Crippen LogP contribution < -0.4 is 10.1 Å². The zero-order valence-corrected chi connectivity index (χ0v) is 12.3. The number of carbonyl (C=O) groups is 1. The number of phenolic OH excluding ortho intramolecular Hbond substituents is 1. The maximum Gasteiger partial charge on any atom is 0.255 e. The van der Waals surface area contributed by atoms with Crippen molar-refractivity contribution in [3.05, 3.63) is 52.7 Å². The summed E-state index contributed by atoms with van der Waals surface area (Å²) in [7, 11) is 1.54. The Hall–Kier alpha value is -2.56. The van der Waals surface area contributed by atoms with Gasteiger partial charge in [0.1, 0.15) is 5.75 Å². The van der Waals surface area contributed by atoms with E-state index < -0.39 is 0 Å². The number of rotatable bonds is 4. The molecule has 0 aliphatic rings. The second-order valence-electron chi connectivity index (χ2n) is 4.79. The average Bonchev–Trinajstić information content (AvgIpc) is 2.50. The number of hydrogen-bond donors (Lipinski definition) is 2. The number of aryl methyl sites for hydroxylation is 1. The highest BCUT2D eigenvalue weighted by Gasteiger charge is 2.13. The van der Waals surface area contributed by atoms with Crippen molar-refractivity contribution in [2.75, 3.05) is 7.11 Å². The van der Waals surface area contributed by atoms with Gasteiger partial charge in [-0.2, -0.15) is 0 Å². The van der Waals surface area contributed by atoms with Crippen LogP contribution in [0.1, 0.15) is 27.0 Å². The Bertz CT molecular complexity index is 669. The van der Waals surface area contributed by atoms with Crippen LogP contribution in [0.25, 0.3) is 0 Å². The van der Waals surface area contributed by atoms with Crippen LogP contribution in [0.5, 0.6) is 11.6 Å². The minimum Gasteiger partial charge on any atom is -0.507 e. The zero-order valence-electron chi connectivity index (χ0n) is 12.3. The lowest BCUT2D eigenvalue weighted by Gasteiger charge is -2.10. The van der Waals surface area contributed by atoms with Crippen molar-refractivity contribution in [3.8, 4) is 11.6 Å². The van der Waals surface area contributed by atoms with Crippen molar-refractivity contribution in [1.82, 2.24) is 10.3 Å². The molecule has 0 atom stereocenters. The van der Waals surface area contributed by atoms with E-state index in [9.17, 15) is 9.90 Å². The first-order valence-corrected chi connectivity index (χ1v) is 6.59. The molecule has 5 heteroatoms. The Morgan fingerprint density at radius 1 is 1.33 bits per heavy atom. The monoisotopic (exact) mass is 286 g/mol. The van der Waals surface area contributed by atoms with E-state index in [0.29, 0.717) is 18.0 Å². The summed E-state index contributed by atoms with van der Waals surface area (Å²) < 4.78 is 5.03. The minimum absolute atomic E-state index is 0.0276. The fourth-order valence-electron chi connectivity index (χ4n) is 1.93. The molecule has 1 amide bonds.